The van der Waals surface area contributed by atoms with Crippen LogP contribution in [-0.2, 0) is 11.3 Å². The molecule has 8 nitrogen and oxygen atoms in total. The van der Waals surface area contributed by atoms with Gasteiger partial charge >= 0.3 is 12.0 Å². The zero-order valence-corrected chi connectivity index (χ0v) is 9.60. The molecule has 4 N–H and O–H groups in total. The second kappa shape index (κ2) is 5.83. The van der Waals surface area contributed by atoms with E-state index in [0.29, 0.717) is 5.82 Å². The highest BCUT2D eigenvalue weighted by Gasteiger charge is 2.23. The van der Waals surface area contributed by atoms with Crippen molar-refractivity contribution in [2.24, 2.45) is 5.92 Å². The summed E-state index contributed by atoms with van der Waals surface area (Å²) in [5, 5.41) is 19.9. The summed E-state index contributed by atoms with van der Waals surface area (Å²) >= 11 is 0. The minimum atomic E-state index is -1.06. The average Bonchev–Trinajstić information content (AvgIpc) is 2.74. The average molecular weight is 241 g/mol. The van der Waals surface area contributed by atoms with Gasteiger partial charge in [0.1, 0.15) is 18.2 Å². The number of carbonyl (C=O) groups is 2. The fraction of sp³-hybridized carbons (Fsp3) is 0.556. The number of carboxylic acid groups (broad SMARTS) is 1. The number of nitrogens with zero attached hydrogens (tertiary/aromatic N) is 2. The maximum Gasteiger partial charge on any atom is 0.326 e. The van der Waals surface area contributed by atoms with E-state index in [2.05, 4.69) is 25.8 Å². The van der Waals surface area contributed by atoms with Gasteiger partial charge in [0.25, 0.3) is 0 Å². The Hall–Kier alpha value is -2.12. The first-order valence-electron chi connectivity index (χ1n) is 5.12. The minimum absolute atomic E-state index is 0.163. The largest absolute Gasteiger partial charge is 0.480 e. The molecule has 17 heavy (non-hydrogen) atoms. The molecular formula is C9H15N5O3. The Morgan fingerprint density at radius 3 is 2.71 bits per heavy atom. The molecule has 1 unspecified atom stereocenters. The van der Waals surface area contributed by atoms with E-state index < -0.39 is 18.0 Å². The molecule has 1 aromatic heterocycles. The molecule has 1 aromatic rings. The minimum Gasteiger partial charge on any atom is -0.480 e. The van der Waals surface area contributed by atoms with E-state index in [1.54, 1.807) is 13.8 Å². The Bertz CT molecular complexity index is 376. The number of carboxylic acids is 1. The highest BCUT2D eigenvalue weighted by atomic mass is 16.4. The Labute approximate surface area is 97.8 Å². The number of amides is 2. The lowest BCUT2D eigenvalue weighted by Gasteiger charge is -2.17. The van der Waals surface area contributed by atoms with Crippen molar-refractivity contribution < 1.29 is 14.7 Å². The normalized spacial score (nSPS) is 12.2. The number of hydrogen-bond acceptors (Lipinski definition) is 4. The van der Waals surface area contributed by atoms with Crippen molar-refractivity contribution in [3.8, 4) is 0 Å². The third kappa shape index (κ3) is 4.09. The van der Waals surface area contributed by atoms with Crippen LogP contribution >= 0.6 is 0 Å². The van der Waals surface area contributed by atoms with Crippen LogP contribution in [0.3, 0.4) is 0 Å². The predicted molar refractivity (Wildman–Crippen MR) is 58.0 cm³/mol. The number of urea groups is 1. The number of H-pyrrole nitrogens is 1. The predicted octanol–water partition coefficient (Wildman–Crippen LogP) is -0.287. The lowest BCUT2D eigenvalue weighted by atomic mass is 10.1. The number of aromatic amines is 1. The number of rotatable bonds is 5. The number of hydrogen-bond donors (Lipinski definition) is 4. The molecular weight excluding hydrogens is 226 g/mol. The van der Waals surface area contributed by atoms with Gasteiger partial charge in [-0.2, -0.15) is 5.10 Å². The van der Waals surface area contributed by atoms with Gasteiger partial charge in [-0.15, -0.1) is 0 Å². The highest BCUT2D eigenvalue weighted by molar-refractivity contribution is 5.82. The maximum atomic E-state index is 11.4. The van der Waals surface area contributed by atoms with Gasteiger partial charge in [0.05, 0.1) is 6.54 Å². The third-order valence-corrected chi connectivity index (χ3v) is 2.10. The molecule has 94 valence electrons. The summed E-state index contributed by atoms with van der Waals surface area (Å²) in [5.74, 6) is -0.755. The second-order valence-corrected chi connectivity index (χ2v) is 3.82. The Balaban J connectivity index is 2.40. The molecule has 0 spiro atoms. The molecule has 0 saturated carbocycles. The molecule has 0 aromatic carbocycles. The molecule has 0 aliphatic carbocycles. The summed E-state index contributed by atoms with van der Waals surface area (Å²) in [6.45, 7) is 3.60. The van der Waals surface area contributed by atoms with E-state index in [1.165, 1.54) is 6.33 Å². The van der Waals surface area contributed by atoms with Crippen molar-refractivity contribution in [3.63, 3.8) is 0 Å². The first-order valence-corrected chi connectivity index (χ1v) is 5.12. The number of aliphatic carboxylic acids is 1. The van der Waals surface area contributed by atoms with Gasteiger partial charge in [0, 0.05) is 0 Å². The molecule has 0 aliphatic heterocycles. The number of carbonyl (C=O) groups excluding carboxylic acids is 1. The van der Waals surface area contributed by atoms with Crippen LogP contribution in [0.4, 0.5) is 4.79 Å². The lowest BCUT2D eigenvalue weighted by Crippen LogP contribution is -2.48. The van der Waals surface area contributed by atoms with Gasteiger partial charge < -0.3 is 15.7 Å². The van der Waals surface area contributed by atoms with Gasteiger partial charge in [-0.3, -0.25) is 5.10 Å². The first-order chi connectivity index (χ1) is 8.00. The van der Waals surface area contributed by atoms with Gasteiger partial charge in [-0.25, -0.2) is 14.6 Å². The van der Waals surface area contributed by atoms with Crippen molar-refractivity contribution in [1.82, 2.24) is 25.8 Å². The van der Waals surface area contributed by atoms with Crippen LogP contribution < -0.4 is 10.6 Å². The van der Waals surface area contributed by atoms with Crippen LogP contribution in [0.2, 0.25) is 0 Å². The summed E-state index contributed by atoms with van der Waals surface area (Å²) < 4.78 is 0. The second-order valence-electron chi connectivity index (χ2n) is 3.82. The van der Waals surface area contributed by atoms with E-state index in [9.17, 15) is 9.59 Å². The summed E-state index contributed by atoms with van der Waals surface area (Å²) in [4.78, 5) is 26.1. The zero-order valence-electron chi connectivity index (χ0n) is 9.60. The Morgan fingerprint density at radius 1 is 1.53 bits per heavy atom. The standard InChI is InChI=1S/C9H15N5O3/c1-5(2)7(8(15)16)13-9(17)10-3-6-11-4-12-14-6/h4-5,7H,3H2,1-2H3,(H,15,16)(H2,10,13,17)(H,11,12,14). The molecule has 0 bridgehead atoms. The summed E-state index contributed by atoms with van der Waals surface area (Å²) in [5.41, 5.74) is 0. The zero-order chi connectivity index (χ0) is 12.8. The van der Waals surface area contributed by atoms with Crippen LogP contribution in [0.5, 0.6) is 0 Å². The molecule has 2 amide bonds. The van der Waals surface area contributed by atoms with Crippen molar-refractivity contribution in [3.05, 3.63) is 12.2 Å². The molecule has 0 radical (unpaired) electrons. The molecule has 1 atom stereocenters. The van der Waals surface area contributed by atoms with E-state index in [0.717, 1.165) is 0 Å². The van der Waals surface area contributed by atoms with Gasteiger partial charge in [-0.05, 0) is 5.92 Å². The molecule has 1 heterocycles. The fourth-order valence-corrected chi connectivity index (χ4v) is 1.19. The van der Waals surface area contributed by atoms with Gasteiger partial charge in [-0.1, -0.05) is 13.8 Å². The van der Waals surface area contributed by atoms with Crippen LogP contribution in [-0.4, -0.2) is 38.3 Å². The first kappa shape index (κ1) is 12.9. The van der Waals surface area contributed by atoms with Crippen molar-refractivity contribution in [2.75, 3.05) is 0 Å². The van der Waals surface area contributed by atoms with Crippen LogP contribution in [0.1, 0.15) is 19.7 Å². The summed E-state index contributed by atoms with van der Waals surface area (Å²) in [7, 11) is 0. The smallest absolute Gasteiger partial charge is 0.326 e. The fourth-order valence-electron chi connectivity index (χ4n) is 1.19. The van der Waals surface area contributed by atoms with E-state index in [1.807, 2.05) is 0 Å². The van der Waals surface area contributed by atoms with E-state index in [-0.39, 0.29) is 12.5 Å². The van der Waals surface area contributed by atoms with Crippen molar-refractivity contribution in [1.29, 1.82) is 0 Å². The Kier molecular flexibility index (Phi) is 4.44. The van der Waals surface area contributed by atoms with Crippen LogP contribution in [0.25, 0.3) is 0 Å². The van der Waals surface area contributed by atoms with Gasteiger partial charge in [0.15, 0.2) is 0 Å². The lowest BCUT2D eigenvalue weighted by molar-refractivity contribution is -0.140. The quantitative estimate of drug-likeness (QED) is 0.564. The maximum absolute atomic E-state index is 11.4. The summed E-state index contributed by atoms with van der Waals surface area (Å²) in [6.07, 6.45) is 1.32. The summed E-state index contributed by atoms with van der Waals surface area (Å²) in [6, 6.07) is -1.47. The third-order valence-electron chi connectivity index (χ3n) is 2.10. The molecule has 0 saturated heterocycles. The van der Waals surface area contributed by atoms with Crippen LogP contribution in [0.15, 0.2) is 6.33 Å². The topological polar surface area (TPSA) is 120 Å². The van der Waals surface area contributed by atoms with Crippen molar-refractivity contribution in [2.45, 2.75) is 26.4 Å². The van der Waals surface area contributed by atoms with Crippen LogP contribution in [0, 0.1) is 5.92 Å². The molecule has 1 rings (SSSR count). The number of aromatic nitrogens is 3. The van der Waals surface area contributed by atoms with E-state index in [4.69, 9.17) is 5.11 Å². The molecule has 0 fully saturated rings. The monoisotopic (exact) mass is 241 g/mol. The molecule has 8 heteroatoms. The van der Waals surface area contributed by atoms with E-state index >= 15 is 0 Å². The number of nitrogens with one attached hydrogen (secondary N) is 3. The van der Waals surface area contributed by atoms with Crippen molar-refractivity contribution >= 4 is 12.0 Å². The Morgan fingerprint density at radius 2 is 2.24 bits per heavy atom. The SMILES string of the molecule is CC(C)C(NC(=O)NCc1ncn[nH]1)C(=O)O. The molecule has 0 aliphatic rings. The highest BCUT2D eigenvalue weighted by Crippen LogP contribution is 2.01. The van der Waals surface area contributed by atoms with Gasteiger partial charge in [0.2, 0.25) is 0 Å².